The van der Waals surface area contributed by atoms with Crippen molar-refractivity contribution in [2.75, 3.05) is 66.0 Å². The zero-order valence-electron chi connectivity index (χ0n) is 17.7. The van der Waals surface area contributed by atoms with E-state index in [2.05, 4.69) is 32.4 Å². The number of piperazine rings is 1. The third-order valence-electron chi connectivity index (χ3n) is 5.70. The Labute approximate surface area is 173 Å². The number of amides is 2. The van der Waals surface area contributed by atoms with Gasteiger partial charge in [0.2, 0.25) is 11.8 Å². The highest BCUT2D eigenvalue weighted by Gasteiger charge is 2.28. The van der Waals surface area contributed by atoms with E-state index in [1.165, 1.54) is 0 Å². The first-order valence-corrected chi connectivity index (χ1v) is 10.8. The van der Waals surface area contributed by atoms with Crippen molar-refractivity contribution in [2.24, 2.45) is 0 Å². The van der Waals surface area contributed by atoms with E-state index in [4.69, 9.17) is 5.11 Å². The van der Waals surface area contributed by atoms with Gasteiger partial charge < -0.3 is 20.6 Å². The maximum Gasteiger partial charge on any atom is 0.303 e. The normalized spacial score (nSPS) is 21.2. The summed E-state index contributed by atoms with van der Waals surface area (Å²) < 4.78 is 0. The zero-order chi connectivity index (χ0) is 21.1. The van der Waals surface area contributed by atoms with Crippen LogP contribution in [-0.2, 0) is 14.4 Å². The molecule has 0 spiro atoms. The number of likely N-dealkylation sites (tertiary alicyclic amines) is 1. The van der Waals surface area contributed by atoms with Crippen LogP contribution in [0.2, 0.25) is 0 Å². The first-order chi connectivity index (χ1) is 13.9. The quantitative estimate of drug-likeness (QED) is 0.223. The van der Waals surface area contributed by atoms with Gasteiger partial charge in [-0.2, -0.15) is 0 Å². The van der Waals surface area contributed by atoms with Gasteiger partial charge in [-0.25, -0.2) is 0 Å². The highest BCUT2D eigenvalue weighted by atomic mass is 16.4. The minimum atomic E-state index is -0.856. The van der Waals surface area contributed by atoms with Crippen molar-refractivity contribution in [3.8, 4) is 0 Å². The zero-order valence-corrected chi connectivity index (χ0v) is 17.7. The molecule has 0 radical (unpaired) electrons. The lowest BCUT2D eigenvalue weighted by Gasteiger charge is -2.36. The highest BCUT2D eigenvalue weighted by molar-refractivity contribution is 5.78. The average Bonchev–Trinajstić information content (AvgIpc) is 3.10. The van der Waals surface area contributed by atoms with E-state index in [1.807, 2.05) is 0 Å². The third kappa shape index (κ3) is 9.56. The summed E-state index contributed by atoms with van der Waals surface area (Å²) in [4.78, 5) is 41.5. The first kappa shape index (κ1) is 23.6. The lowest BCUT2D eigenvalue weighted by atomic mass is 10.3. The Morgan fingerprint density at radius 3 is 2.28 bits per heavy atom. The van der Waals surface area contributed by atoms with Crippen LogP contribution in [0, 0.1) is 0 Å². The maximum atomic E-state index is 12.3. The van der Waals surface area contributed by atoms with E-state index < -0.39 is 5.97 Å². The van der Waals surface area contributed by atoms with Crippen molar-refractivity contribution in [2.45, 2.75) is 44.6 Å². The number of rotatable bonds is 12. The third-order valence-corrected chi connectivity index (χ3v) is 5.70. The van der Waals surface area contributed by atoms with E-state index in [0.717, 1.165) is 52.1 Å². The lowest BCUT2D eigenvalue weighted by Crippen LogP contribution is -2.50. The number of carboxylic acids is 1. The molecule has 0 aromatic heterocycles. The summed E-state index contributed by atoms with van der Waals surface area (Å²) in [6.07, 6.45) is 3.71. The molecule has 1 unspecified atom stereocenters. The first-order valence-electron chi connectivity index (χ1n) is 10.8. The van der Waals surface area contributed by atoms with Gasteiger partial charge in [-0.15, -0.1) is 0 Å². The molecule has 166 valence electrons. The van der Waals surface area contributed by atoms with Crippen molar-refractivity contribution < 1.29 is 19.5 Å². The van der Waals surface area contributed by atoms with Crippen LogP contribution < -0.4 is 10.6 Å². The van der Waals surface area contributed by atoms with E-state index in [9.17, 15) is 14.4 Å². The van der Waals surface area contributed by atoms with Crippen molar-refractivity contribution in [3.63, 3.8) is 0 Å². The topological polar surface area (TPSA) is 105 Å². The number of carboxylic acid groups (broad SMARTS) is 1. The molecule has 0 aliphatic carbocycles. The molecule has 2 rings (SSSR count). The molecule has 2 fully saturated rings. The Hall–Kier alpha value is -1.71. The molecule has 0 saturated carbocycles. The largest absolute Gasteiger partial charge is 0.481 e. The number of nitrogens with one attached hydrogen (secondary N) is 2. The Kier molecular flexibility index (Phi) is 10.4. The van der Waals surface area contributed by atoms with Gasteiger partial charge in [-0.3, -0.25) is 24.2 Å². The molecule has 2 heterocycles. The molecule has 29 heavy (non-hydrogen) atoms. The number of carbonyl (C=O) groups excluding carboxylic acids is 2. The Bertz CT molecular complexity index is 537. The number of hydrogen-bond acceptors (Lipinski definition) is 6. The summed E-state index contributed by atoms with van der Waals surface area (Å²) in [6, 6.07) is 0.459. The molecule has 2 aliphatic rings. The van der Waals surface area contributed by atoms with Crippen LogP contribution in [0.1, 0.15) is 38.5 Å². The molecule has 0 bridgehead atoms. The summed E-state index contributed by atoms with van der Waals surface area (Å²) in [5, 5.41) is 14.2. The number of aliphatic carboxylic acids is 1. The van der Waals surface area contributed by atoms with E-state index in [0.29, 0.717) is 44.9 Å². The van der Waals surface area contributed by atoms with Crippen molar-refractivity contribution in [1.82, 2.24) is 25.3 Å². The van der Waals surface area contributed by atoms with Crippen LogP contribution in [-0.4, -0.2) is 110 Å². The van der Waals surface area contributed by atoms with Gasteiger partial charge in [0.05, 0.1) is 6.54 Å². The second-order valence-corrected chi connectivity index (χ2v) is 8.17. The standard InChI is InChI=1S/C20H37N5O4/c1-23-11-13-24(14-12-23)15-17-5-4-10-25(17)16-19(27)22-8-2-6-18(26)21-9-3-7-20(28)29/h17H,2-16H2,1H3,(H,21,26)(H,22,27)(H,28,29)/i4+1,5+1,10+1,11+1,12+1,13+1,14+1,15+1,17+1,21+1,22+1. The number of nitrogens with zero attached hydrogens (tertiary/aromatic N) is 3. The van der Waals surface area contributed by atoms with Gasteiger partial charge in [0, 0.05) is 64.7 Å². The van der Waals surface area contributed by atoms with Crippen LogP contribution in [0.3, 0.4) is 0 Å². The second kappa shape index (κ2) is 12.8. The molecular formula is C20H37N5O4. The van der Waals surface area contributed by atoms with E-state index in [1.54, 1.807) is 0 Å². The summed E-state index contributed by atoms with van der Waals surface area (Å²) >= 11 is 0. The van der Waals surface area contributed by atoms with Gasteiger partial charge in [-0.1, -0.05) is 0 Å². The Morgan fingerprint density at radius 1 is 0.931 bits per heavy atom. The monoisotopic (exact) mass is 422 g/mol. The minimum absolute atomic E-state index is 0.0251. The Morgan fingerprint density at radius 2 is 1.59 bits per heavy atom. The molecule has 9 heteroatoms. The number of likely N-dealkylation sites (N-methyl/N-ethyl adjacent to an activating group) is 1. The van der Waals surface area contributed by atoms with Gasteiger partial charge in [0.25, 0.3) is 0 Å². The predicted octanol–water partition coefficient (Wildman–Crippen LogP) is -0.424. The molecule has 0 aromatic rings. The SMILES string of the molecule is CN1[13CH2][13CH2]N([13CH2][13CH]2[13CH2][13CH2][13CH2]N2CC(=O)[15NH]CCCC(=O)[15NH]CCCC(=O)O)[13CH2][13CH2]1. The van der Waals surface area contributed by atoms with Crippen molar-refractivity contribution in [1.29, 1.82) is 0 Å². The smallest absolute Gasteiger partial charge is 0.303 e. The van der Waals surface area contributed by atoms with Crippen LogP contribution in [0.4, 0.5) is 0 Å². The number of carbonyl (C=O) groups is 3. The highest BCUT2D eigenvalue weighted by Crippen LogP contribution is 2.18. The van der Waals surface area contributed by atoms with Gasteiger partial charge in [0.1, 0.15) is 0 Å². The van der Waals surface area contributed by atoms with Gasteiger partial charge in [-0.05, 0) is 39.3 Å². The number of hydrogen-bond donors (Lipinski definition) is 3. The predicted molar refractivity (Wildman–Crippen MR) is 111 cm³/mol. The van der Waals surface area contributed by atoms with Crippen LogP contribution in [0.15, 0.2) is 0 Å². The molecule has 3 N–H and O–H groups in total. The lowest BCUT2D eigenvalue weighted by molar-refractivity contribution is -0.137. The van der Waals surface area contributed by atoms with Crippen LogP contribution in [0.5, 0.6) is 0 Å². The molecule has 0 aromatic carbocycles. The molecule has 2 amide bonds. The van der Waals surface area contributed by atoms with Crippen molar-refractivity contribution in [3.05, 3.63) is 0 Å². The molecule has 9 nitrogen and oxygen atoms in total. The summed E-state index contributed by atoms with van der Waals surface area (Å²) in [7, 11) is 2.16. The molecule has 2 aliphatic heterocycles. The molecular weight excluding hydrogens is 385 g/mol. The molecule has 2 saturated heterocycles. The van der Waals surface area contributed by atoms with Gasteiger partial charge in [0.15, 0.2) is 0 Å². The summed E-state index contributed by atoms with van der Waals surface area (Å²) in [5.41, 5.74) is 0. The summed E-state index contributed by atoms with van der Waals surface area (Å²) in [5.74, 6) is -0.931. The summed E-state index contributed by atoms with van der Waals surface area (Å²) in [6.45, 7) is 7.74. The van der Waals surface area contributed by atoms with Crippen molar-refractivity contribution >= 4 is 17.8 Å². The maximum absolute atomic E-state index is 12.3. The van der Waals surface area contributed by atoms with Gasteiger partial charge >= 0.3 is 5.97 Å². The fourth-order valence-corrected chi connectivity index (χ4v) is 3.91. The average molecular weight is 422 g/mol. The second-order valence-electron chi connectivity index (χ2n) is 8.17. The fraction of sp³-hybridized carbons (Fsp3) is 0.850. The van der Waals surface area contributed by atoms with Crippen LogP contribution >= 0.6 is 0 Å². The fourth-order valence-electron chi connectivity index (χ4n) is 3.91. The van der Waals surface area contributed by atoms with E-state index in [-0.39, 0.29) is 18.2 Å². The Balaban J connectivity index is 1.55. The molecule has 1 atom stereocenters. The van der Waals surface area contributed by atoms with Crippen LogP contribution in [0.25, 0.3) is 0 Å². The van der Waals surface area contributed by atoms with E-state index >= 15 is 0 Å². The minimum Gasteiger partial charge on any atom is -0.481 e.